The van der Waals surface area contributed by atoms with Gasteiger partial charge in [-0.15, -0.1) is 0 Å². The molecule has 1 amide bonds. The van der Waals surface area contributed by atoms with E-state index in [2.05, 4.69) is 20.5 Å². The summed E-state index contributed by atoms with van der Waals surface area (Å²) in [6.45, 7) is 1.98. The van der Waals surface area contributed by atoms with Gasteiger partial charge in [-0.2, -0.15) is 10.1 Å². The summed E-state index contributed by atoms with van der Waals surface area (Å²) in [6, 6.07) is 7.65. The van der Waals surface area contributed by atoms with Gasteiger partial charge in [0.1, 0.15) is 12.1 Å². The molecular weight excluding hydrogens is 232 g/mol. The molecular formula is C12H14N4O2. The van der Waals surface area contributed by atoms with Crippen LogP contribution in [0.1, 0.15) is 12.5 Å². The maximum atomic E-state index is 11.6. The van der Waals surface area contributed by atoms with Crippen molar-refractivity contribution in [3.8, 4) is 5.75 Å². The van der Waals surface area contributed by atoms with E-state index in [1.807, 2.05) is 31.2 Å². The van der Waals surface area contributed by atoms with Gasteiger partial charge in [0, 0.05) is 0 Å². The minimum Gasteiger partial charge on any atom is -0.483 e. The predicted octanol–water partition coefficient (Wildman–Crippen LogP) is 1.38. The van der Waals surface area contributed by atoms with E-state index in [0.717, 1.165) is 17.7 Å². The number of aryl methyl sites for hydroxylation is 1. The maximum Gasteiger partial charge on any atom is 0.264 e. The molecule has 0 aliphatic carbocycles. The third kappa shape index (κ3) is 3.07. The lowest BCUT2D eigenvalue weighted by molar-refractivity contribution is -0.118. The SMILES string of the molecule is CCc1ccccc1OCC(=O)Nc1ncn[nH]1. The Morgan fingerprint density at radius 3 is 3.00 bits per heavy atom. The number of nitrogens with zero attached hydrogens (tertiary/aromatic N) is 2. The molecule has 0 saturated heterocycles. The number of carbonyl (C=O) groups is 1. The van der Waals surface area contributed by atoms with Gasteiger partial charge in [-0.05, 0) is 18.1 Å². The molecule has 0 radical (unpaired) electrons. The third-order valence-electron chi connectivity index (χ3n) is 2.39. The number of carbonyl (C=O) groups excluding carboxylic acids is 1. The van der Waals surface area contributed by atoms with Crippen LogP contribution in [0.3, 0.4) is 0 Å². The number of H-pyrrole nitrogens is 1. The molecule has 1 heterocycles. The second kappa shape index (κ2) is 5.81. The van der Waals surface area contributed by atoms with Crippen molar-refractivity contribution in [2.24, 2.45) is 0 Å². The summed E-state index contributed by atoms with van der Waals surface area (Å²) in [5.41, 5.74) is 1.07. The monoisotopic (exact) mass is 246 g/mol. The van der Waals surface area contributed by atoms with Crippen LogP contribution in [0, 0.1) is 0 Å². The summed E-state index contributed by atoms with van der Waals surface area (Å²) in [5.74, 6) is 0.762. The van der Waals surface area contributed by atoms with Crippen molar-refractivity contribution in [3.05, 3.63) is 36.2 Å². The fourth-order valence-electron chi connectivity index (χ4n) is 1.51. The molecule has 0 atom stereocenters. The Hall–Kier alpha value is -2.37. The molecule has 0 bridgehead atoms. The average molecular weight is 246 g/mol. The molecule has 1 aromatic carbocycles. The average Bonchev–Trinajstić information content (AvgIpc) is 2.89. The van der Waals surface area contributed by atoms with Crippen molar-refractivity contribution in [1.82, 2.24) is 15.2 Å². The Morgan fingerprint density at radius 2 is 2.28 bits per heavy atom. The van der Waals surface area contributed by atoms with Gasteiger partial charge in [0.25, 0.3) is 5.91 Å². The molecule has 6 nitrogen and oxygen atoms in total. The molecule has 0 saturated carbocycles. The van der Waals surface area contributed by atoms with Crippen LogP contribution in [0.25, 0.3) is 0 Å². The molecule has 18 heavy (non-hydrogen) atoms. The van der Waals surface area contributed by atoms with Gasteiger partial charge in [0.15, 0.2) is 6.61 Å². The second-order valence-corrected chi connectivity index (χ2v) is 3.63. The standard InChI is InChI=1S/C12H14N4O2/c1-2-9-5-3-4-6-10(9)18-7-11(17)15-12-13-8-14-16-12/h3-6,8H,2,7H2,1H3,(H2,13,14,15,16,17). The Labute approximate surface area is 104 Å². The normalized spacial score (nSPS) is 10.1. The van der Waals surface area contributed by atoms with E-state index in [0.29, 0.717) is 5.95 Å². The van der Waals surface area contributed by atoms with Gasteiger partial charge >= 0.3 is 0 Å². The largest absolute Gasteiger partial charge is 0.483 e. The van der Waals surface area contributed by atoms with Gasteiger partial charge in [0.2, 0.25) is 5.95 Å². The van der Waals surface area contributed by atoms with Crippen LogP contribution < -0.4 is 10.1 Å². The Bertz CT molecular complexity index is 511. The quantitative estimate of drug-likeness (QED) is 0.835. The number of rotatable bonds is 5. The highest BCUT2D eigenvalue weighted by molar-refractivity contribution is 5.90. The van der Waals surface area contributed by atoms with Gasteiger partial charge in [-0.1, -0.05) is 25.1 Å². The number of aromatic nitrogens is 3. The summed E-state index contributed by atoms with van der Waals surface area (Å²) >= 11 is 0. The van der Waals surface area contributed by atoms with Crippen LogP contribution in [0.5, 0.6) is 5.75 Å². The first-order valence-corrected chi connectivity index (χ1v) is 5.65. The van der Waals surface area contributed by atoms with Crippen LogP contribution >= 0.6 is 0 Å². The van der Waals surface area contributed by atoms with Gasteiger partial charge in [0.05, 0.1) is 0 Å². The molecule has 0 unspecified atom stereocenters. The summed E-state index contributed by atoms with van der Waals surface area (Å²) < 4.78 is 5.46. The topological polar surface area (TPSA) is 79.9 Å². The molecule has 0 aliphatic rings. The molecule has 94 valence electrons. The van der Waals surface area contributed by atoms with Crippen LogP contribution in [0.2, 0.25) is 0 Å². The zero-order valence-electron chi connectivity index (χ0n) is 10.0. The number of nitrogens with one attached hydrogen (secondary N) is 2. The van der Waals surface area contributed by atoms with Crippen molar-refractivity contribution in [1.29, 1.82) is 0 Å². The van der Waals surface area contributed by atoms with Crippen molar-refractivity contribution in [2.45, 2.75) is 13.3 Å². The number of amides is 1. The number of aromatic amines is 1. The number of hydrogen-bond donors (Lipinski definition) is 2. The Balaban J connectivity index is 1.89. The summed E-state index contributed by atoms with van der Waals surface area (Å²) in [7, 11) is 0. The number of para-hydroxylation sites is 1. The van der Waals surface area contributed by atoms with Crippen LogP contribution in [0.4, 0.5) is 5.95 Å². The summed E-state index contributed by atoms with van der Waals surface area (Å²) in [5, 5.41) is 8.71. The summed E-state index contributed by atoms with van der Waals surface area (Å²) in [4.78, 5) is 15.4. The first-order valence-electron chi connectivity index (χ1n) is 5.65. The van der Waals surface area contributed by atoms with Crippen LogP contribution in [-0.4, -0.2) is 27.7 Å². The fourth-order valence-corrected chi connectivity index (χ4v) is 1.51. The zero-order valence-corrected chi connectivity index (χ0v) is 10.0. The smallest absolute Gasteiger partial charge is 0.264 e. The Morgan fingerprint density at radius 1 is 1.44 bits per heavy atom. The minimum absolute atomic E-state index is 0.0578. The molecule has 0 aliphatic heterocycles. The second-order valence-electron chi connectivity index (χ2n) is 3.63. The minimum atomic E-state index is -0.280. The summed E-state index contributed by atoms with van der Waals surface area (Å²) in [6.07, 6.45) is 2.18. The first kappa shape index (κ1) is 12.1. The third-order valence-corrected chi connectivity index (χ3v) is 2.39. The van der Waals surface area contributed by atoms with Gasteiger partial charge in [-0.25, -0.2) is 5.10 Å². The highest BCUT2D eigenvalue weighted by atomic mass is 16.5. The van der Waals surface area contributed by atoms with E-state index in [1.54, 1.807) is 0 Å². The number of ether oxygens (including phenoxy) is 1. The molecule has 2 aromatic rings. The van der Waals surface area contributed by atoms with E-state index in [4.69, 9.17) is 4.74 Å². The first-order chi connectivity index (χ1) is 8.79. The molecule has 6 heteroatoms. The molecule has 2 N–H and O–H groups in total. The number of hydrogen-bond acceptors (Lipinski definition) is 4. The van der Waals surface area contributed by atoms with Gasteiger partial charge in [-0.3, -0.25) is 10.1 Å². The lowest BCUT2D eigenvalue weighted by atomic mass is 10.1. The molecule has 2 rings (SSSR count). The predicted molar refractivity (Wildman–Crippen MR) is 66.3 cm³/mol. The van der Waals surface area contributed by atoms with Crippen molar-refractivity contribution in [3.63, 3.8) is 0 Å². The number of anilines is 1. The van der Waals surface area contributed by atoms with E-state index in [-0.39, 0.29) is 12.5 Å². The fraction of sp³-hybridized carbons (Fsp3) is 0.250. The molecule has 0 fully saturated rings. The van der Waals surface area contributed by atoms with Crippen LogP contribution in [0.15, 0.2) is 30.6 Å². The van der Waals surface area contributed by atoms with E-state index in [9.17, 15) is 4.79 Å². The Kier molecular flexibility index (Phi) is 3.90. The van der Waals surface area contributed by atoms with E-state index >= 15 is 0 Å². The van der Waals surface area contributed by atoms with E-state index < -0.39 is 0 Å². The van der Waals surface area contributed by atoms with Gasteiger partial charge < -0.3 is 4.74 Å². The maximum absolute atomic E-state index is 11.6. The molecule has 0 spiro atoms. The van der Waals surface area contributed by atoms with Crippen molar-refractivity contribution >= 4 is 11.9 Å². The molecule has 1 aromatic heterocycles. The van der Waals surface area contributed by atoms with E-state index in [1.165, 1.54) is 6.33 Å². The lowest BCUT2D eigenvalue weighted by Crippen LogP contribution is -2.21. The van der Waals surface area contributed by atoms with Crippen molar-refractivity contribution in [2.75, 3.05) is 11.9 Å². The highest BCUT2D eigenvalue weighted by Gasteiger charge is 2.07. The van der Waals surface area contributed by atoms with Crippen molar-refractivity contribution < 1.29 is 9.53 Å². The number of benzene rings is 1. The lowest BCUT2D eigenvalue weighted by Gasteiger charge is -2.09. The zero-order chi connectivity index (χ0) is 12.8. The van der Waals surface area contributed by atoms with Crippen LogP contribution in [-0.2, 0) is 11.2 Å². The highest BCUT2D eigenvalue weighted by Crippen LogP contribution is 2.17.